The molecule has 1 amide bonds. The van der Waals surface area contributed by atoms with Gasteiger partial charge in [-0.1, -0.05) is 29.5 Å². The summed E-state index contributed by atoms with van der Waals surface area (Å²) in [5, 5.41) is 11.8. The summed E-state index contributed by atoms with van der Waals surface area (Å²) >= 11 is 1.31. The third-order valence-corrected chi connectivity index (χ3v) is 3.69. The lowest BCUT2D eigenvalue weighted by Gasteiger charge is -2.08. The minimum absolute atomic E-state index is 0.0894. The lowest BCUT2D eigenvalue weighted by Crippen LogP contribution is -2.12. The quantitative estimate of drug-likeness (QED) is 0.757. The highest BCUT2D eigenvalue weighted by molar-refractivity contribution is 7.15. The third-order valence-electron chi connectivity index (χ3n) is 2.88. The molecule has 0 fully saturated rings. The summed E-state index contributed by atoms with van der Waals surface area (Å²) in [6, 6.07) is 7.82. The number of hydrogen-bond acceptors (Lipinski definition) is 6. The predicted molar refractivity (Wildman–Crippen MR) is 85.2 cm³/mol. The molecule has 0 aliphatic heterocycles. The van der Waals surface area contributed by atoms with Crippen molar-refractivity contribution < 1.29 is 14.3 Å². The van der Waals surface area contributed by atoms with Crippen LogP contribution in [0.4, 0.5) is 5.13 Å². The van der Waals surface area contributed by atoms with Gasteiger partial charge in [0, 0.05) is 13.5 Å². The van der Waals surface area contributed by atoms with Gasteiger partial charge in [0.2, 0.25) is 11.0 Å². The van der Waals surface area contributed by atoms with Gasteiger partial charge in [-0.3, -0.25) is 4.79 Å². The second kappa shape index (κ2) is 8.45. The standard InChI is InChI=1S/C15H19N3O3S/c1-11-6-3-4-7-12(11)21-9-5-8-13(19)16-15-18-17-14(22-15)10-20-2/h3-4,6-7H,5,8-10H2,1-2H3,(H,16,18,19). The van der Waals surface area contributed by atoms with Gasteiger partial charge in [0.15, 0.2) is 0 Å². The van der Waals surface area contributed by atoms with Gasteiger partial charge in [0.1, 0.15) is 17.4 Å². The summed E-state index contributed by atoms with van der Waals surface area (Å²) in [6.45, 7) is 2.90. The van der Waals surface area contributed by atoms with Crippen LogP contribution in [0.1, 0.15) is 23.4 Å². The number of benzene rings is 1. The molecule has 0 saturated heterocycles. The Bertz CT molecular complexity index is 616. The second-order valence-corrected chi connectivity index (χ2v) is 5.76. The molecule has 0 aliphatic rings. The maximum Gasteiger partial charge on any atom is 0.226 e. The molecule has 2 aromatic rings. The number of amides is 1. The van der Waals surface area contributed by atoms with E-state index in [0.29, 0.717) is 31.2 Å². The van der Waals surface area contributed by atoms with E-state index in [4.69, 9.17) is 9.47 Å². The van der Waals surface area contributed by atoms with Crippen LogP contribution in [0.25, 0.3) is 0 Å². The number of carbonyl (C=O) groups excluding carboxylic acids is 1. The normalized spacial score (nSPS) is 10.5. The Labute approximate surface area is 133 Å². The van der Waals surface area contributed by atoms with Crippen LogP contribution in [0, 0.1) is 6.92 Å². The first kappa shape index (κ1) is 16.4. The van der Waals surface area contributed by atoms with Gasteiger partial charge in [-0.25, -0.2) is 0 Å². The van der Waals surface area contributed by atoms with Gasteiger partial charge in [-0.15, -0.1) is 10.2 Å². The molecular formula is C15H19N3O3S. The average molecular weight is 321 g/mol. The summed E-state index contributed by atoms with van der Waals surface area (Å²) in [6.07, 6.45) is 1.02. The van der Waals surface area contributed by atoms with Crippen molar-refractivity contribution in [3.05, 3.63) is 34.8 Å². The van der Waals surface area contributed by atoms with E-state index in [9.17, 15) is 4.79 Å². The Morgan fingerprint density at radius 1 is 1.32 bits per heavy atom. The number of ether oxygens (including phenoxy) is 2. The van der Waals surface area contributed by atoms with Gasteiger partial charge in [0.25, 0.3) is 0 Å². The number of para-hydroxylation sites is 1. The number of carbonyl (C=O) groups is 1. The van der Waals surface area contributed by atoms with Crippen LogP contribution in [-0.4, -0.2) is 29.8 Å². The van der Waals surface area contributed by atoms with E-state index in [2.05, 4.69) is 15.5 Å². The second-order valence-electron chi connectivity index (χ2n) is 4.70. The summed E-state index contributed by atoms with van der Waals surface area (Å²) in [5.74, 6) is 0.768. The minimum atomic E-state index is -0.0894. The first-order valence-electron chi connectivity index (χ1n) is 6.98. The van der Waals surface area contributed by atoms with Crippen LogP contribution < -0.4 is 10.1 Å². The molecule has 6 nitrogen and oxygen atoms in total. The zero-order chi connectivity index (χ0) is 15.8. The average Bonchev–Trinajstić information content (AvgIpc) is 2.93. The number of aromatic nitrogens is 2. The molecule has 1 heterocycles. The van der Waals surface area contributed by atoms with Crippen LogP contribution in [0.5, 0.6) is 5.75 Å². The molecule has 1 aromatic carbocycles. The van der Waals surface area contributed by atoms with Crippen molar-refractivity contribution in [1.29, 1.82) is 0 Å². The minimum Gasteiger partial charge on any atom is -0.493 e. The Kier molecular flexibility index (Phi) is 6.29. The number of nitrogens with one attached hydrogen (secondary N) is 1. The maximum absolute atomic E-state index is 11.8. The fraction of sp³-hybridized carbons (Fsp3) is 0.400. The van der Waals surface area contributed by atoms with E-state index in [1.807, 2.05) is 31.2 Å². The van der Waals surface area contributed by atoms with Crippen molar-refractivity contribution in [2.45, 2.75) is 26.4 Å². The Morgan fingerprint density at radius 3 is 2.91 bits per heavy atom. The number of rotatable bonds is 8. The smallest absolute Gasteiger partial charge is 0.226 e. The van der Waals surface area contributed by atoms with Crippen LogP contribution in [0.15, 0.2) is 24.3 Å². The lowest BCUT2D eigenvalue weighted by molar-refractivity contribution is -0.116. The molecule has 0 saturated carbocycles. The zero-order valence-electron chi connectivity index (χ0n) is 12.7. The van der Waals surface area contributed by atoms with E-state index in [-0.39, 0.29) is 5.91 Å². The molecule has 0 unspecified atom stereocenters. The van der Waals surface area contributed by atoms with Gasteiger partial charge < -0.3 is 14.8 Å². The first-order valence-corrected chi connectivity index (χ1v) is 7.80. The number of nitrogens with zero attached hydrogens (tertiary/aromatic N) is 2. The monoisotopic (exact) mass is 321 g/mol. The van der Waals surface area contributed by atoms with Crippen molar-refractivity contribution in [2.24, 2.45) is 0 Å². The van der Waals surface area contributed by atoms with E-state index < -0.39 is 0 Å². The van der Waals surface area contributed by atoms with Crippen molar-refractivity contribution in [2.75, 3.05) is 19.0 Å². The van der Waals surface area contributed by atoms with Crippen LogP contribution in [0.2, 0.25) is 0 Å². The first-order chi connectivity index (χ1) is 10.7. The number of methoxy groups -OCH3 is 1. The number of aryl methyl sites for hydroxylation is 1. The summed E-state index contributed by atoms with van der Waals surface area (Å²) in [7, 11) is 1.59. The Balaban J connectivity index is 1.68. The highest BCUT2D eigenvalue weighted by Gasteiger charge is 2.08. The fourth-order valence-corrected chi connectivity index (χ4v) is 2.53. The Morgan fingerprint density at radius 2 is 2.14 bits per heavy atom. The van der Waals surface area contributed by atoms with Gasteiger partial charge in [-0.05, 0) is 25.0 Å². The molecule has 0 spiro atoms. The Hall–Kier alpha value is -1.99. The largest absolute Gasteiger partial charge is 0.493 e. The molecule has 0 bridgehead atoms. The van der Waals surface area contributed by atoms with Crippen LogP contribution in [0.3, 0.4) is 0 Å². The van der Waals surface area contributed by atoms with Crippen molar-refractivity contribution >= 4 is 22.4 Å². The third kappa shape index (κ3) is 5.09. The zero-order valence-corrected chi connectivity index (χ0v) is 13.5. The maximum atomic E-state index is 11.8. The summed E-state index contributed by atoms with van der Waals surface area (Å²) in [5.41, 5.74) is 1.09. The van der Waals surface area contributed by atoms with Crippen molar-refractivity contribution in [1.82, 2.24) is 10.2 Å². The molecule has 0 aliphatic carbocycles. The topological polar surface area (TPSA) is 73.3 Å². The molecule has 22 heavy (non-hydrogen) atoms. The predicted octanol–water partition coefficient (Wildman–Crippen LogP) is 2.79. The number of hydrogen-bond donors (Lipinski definition) is 1. The van der Waals surface area contributed by atoms with E-state index in [0.717, 1.165) is 16.3 Å². The van der Waals surface area contributed by atoms with E-state index in [1.54, 1.807) is 7.11 Å². The van der Waals surface area contributed by atoms with Gasteiger partial charge >= 0.3 is 0 Å². The summed E-state index contributed by atoms with van der Waals surface area (Å²) in [4.78, 5) is 11.8. The molecule has 7 heteroatoms. The van der Waals surface area contributed by atoms with E-state index in [1.165, 1.54) is 11.3 Å². The molecule has 1 aromatic heterocycles. The summed E-state index contributed by atoms with van der Waals surface area (Å²) < 4.78 is 10.6. The molecule has 1 N–H and O–H groups in total. The van der Waals surface area contributed by atoms with Crippen LogP contribution in [-0.2, 0) is 16.1 Å². The molecule has 0 radical (unpaired) electrons. The number of anilines is 1. The molecule has 2 rings (SSSR count). The SMILES string of the molecule is COCc1nnc(NC(=O)CCCOc2ccccc2C)s1. The van der Waals surface area contributed by atoms with Gasteiger partial charge in [-0.2, -0.15) is 0 Å². The molecule has 118 valence electrons. The van der Waals surface area contributed by atoms with Crippen molar-refractivity contribution in [3.63, 3.8) is 0 Å². The fourth-order valence-electron chi connectivity index (χ4n) is 1.80. The highest BCUT2D eigenvalue weighted by atomic mass is 32.1. The lowest BCUT2D eigenvalue weighted by atomic mass is 10.2. The van der Waals surface area contributed by atoms with Crippen molar-refractivity contribution in [3.8, 4) is 5.75 Å². The molecule has 0 atom stereocenters. The van der Waals surface area contributed by atoms with Gasteiger partial charge in [0.05, 0.1) is 6.61 Å². The van der Waals surface area contributed by atoms with E-state index >= 15 is 0 Å². The molecular weight excluding hydrogens is 302 g/mol. The highest BCUT2D eigenvalue weighted by Crippen LogP contribution is 2.17. The van der Waals surface area contributed by atoms with Crippen LogP contribution >= 0.6 is 11.3 Å².